The number of carbonyl (C=O) groups is 1. The first-order valence-electron chi connectivity index (χ1n) is 5.95. The van der Waals surface area contributed by atoms with Crippen molar-refractivity contribution in [1.82, 2.24) is 9.88 Å². The summed E-state index contributed by atoms with van der Waals surface area (Å²) >= 11 is 0. The summed E-state index contributed by atoms with van der Waals surface area (Å²) in [4.78, 5) is 18.1. The maximum Gasteiger partial charge on any atom is 0.255 e. The Morgan fingerprint density at radius 1 is 1.59 bits per heavy atom. The molecule has 1 saturated heterocycles. The van der Waals surface area contributed by atoms with E-state index in [9.17, 15) is 4.79 Å². The fraction of sp³-hybridized carbons (Fsp3) is 0.538. The summed E-state index contributed by atoms with van der Waals surface area (Å²) in [6, 6.07) is 3.76. The van der Waals surface area contributed by atoms with Crippen LogP contribution in [0.2, 0.25) is 0 Å². The van der Waals surface area contributed by atoms with E-state index in [-0.39, 0.29) is 17.4 Å². The van der Waals surface area contributed by atoms with Gasteiger partial charge in [0.05, 0.1) is 5.56 Å². The molecule has 2 heterocycles. The minimum absolute atomic E-state index is 0.0177. The molecule has 1 amide bonds. The minimum Gasteiger partial charge on any atom is -0.338 e. The predicted octanol–water partition coefficient (Wildman–Crippen LogP) is 1.28. The molecule has 1 aromatic heterocycles. The Morgan fingerprint density at radius 2 is 2.35 bits per heavy atom. The van der Waals surface area contributed by atoms with Gasteiger partial charge in [0, 0.05) is 31.5 Å². The monoisotopic (exact) mass is 233 g/mol. The smallest absolute Gasteiger partial charge is 0.255 e. The van der Waals surface area contributed by atoms with Gasteiger partial charge in [-0.15, -0.1) is 0 Å². The van der Waals surface area contributed by atoms with Gasteiger partial charge in [0.2, 0.25) is 0 Å². The molecule has 0 radical (unpaired) electrons. The highest BCUT2D eigenvalue weighted by Gasteiger charge is 2.35. The van der Waals surface area contributed by atoms with Gasteiger partial charge in [-0.3, -0.25) is 9.78 Å². The van der Waals surface area contributed by atoms with Crippen LogP contribution in [0.5, 0.6) is 0 Å². The second kappa shape index (κ2) is 4.45. The van der Waals surface area contributed by atoms with E-state index in [4.69, 9.17) is 5.73 Å². The lowest BCUT2D eigenvalue weighted by atomic mass is 9.79. The van der Waals surface area contributed by atoms with Crippen LogP contribution in [0.1, 0.15) is 30.6 Å². The van der Waals surface area contributed by atoms with Crippen molar-refractivity contribution in [2.75, 3.05) is 13.1 Å². The molecule has 0 spiro atoms. The van der Waals surface area contributed by atoms with Crippen molar-refractivity contribution in [3.63, 3.8) is 0 Å². The first kappa shape index (κ1) is 12.0. The van der Waals surface area contributed by atoms with Crippen LogP contribution < -0.4 is 5.73 Å². The predicted molar refractivity (Wildman–Crippen MR) is 66.5 cm³/mol. The van der Waals surface area contributed by atoms with Crippen LogP contribution in [0.15, 0.2) is 24.5 Å². The first-order valence-corrected chi connectivity index (χ1v) is 5.95. The Morgan fingerprint density at radius 3 is 2.94 bits per heavy atom. The van der Waals surface area contributed by atoms with Gasteiger partial charge >= 0.3 is 0 Å². The summed E-state index contributed by atoms with van der Waals surface area (Å²) in [5, 5.41) is 0. The highest BCUT2D eigenvalue weighted by molar-refractivity contribution is 5.94. The molecule has 1 aliphatic heterocycles. The van der Waals surface area contributed by atoms with Crippen LogP contribution in [0.4, 0.5) is 0 Å². The Balaban J connectivity index is 2.12. The van der Waals surface area contributed by atoms with Crippen molar-refractivity contribution in [2.45, 2.75) is 26.3 Å². The molecular weight excluding hydrogens is 214 g/mol. The van der Waals surface area contributed by atoms with Gasteiger partial charge in [-0.2, -0.15) is 0 Å². The second-order valence-electron chi connectivity index (χ2n) is 5.35. The van der Waals surface area contributed by atoms with Crippen molar-refractivity contribution in [3.05, 3.63) is 30.1 Å². The molecule has 0 bridgehead atoms. The zero-order chi connectivity index (χ0) is 12.5. The number of nitrogens with zero attached hydrogens (tertiary/aromatic N) is 2. The van der Waals surface area contributed by atoms with Crippen LogP contribution in [-0.2, 0) is 0 Å². The van der Waals surface area contributed by atoms with Crippen LogP contribution in [-0.4, -0.2) is 34.9 Å². The fourth-order valence-corrected chi connectivity index (χ4v) is 2.22. The average Bonchev–Trinajstić information content (AvgIpc) is 2.33. The zero-order valence-electron chi connectivity index (χ0n) is 10.4. The summed E-state index contributed by atoms with van der Waals surface area (Å²) < 4.78 is 0. The molecular formula is C13H19N3O. The molecule has 17 heavy (non-hydrogen) atoms. The van der Waals surface area contributed by atoms with Crippen molar-refractivity contribution in [1.29, 1.82) is 0 Å². The Labute approximate surface area is 102 Å². The van der Waals surface area contributed by atoms with E-state index in [1.807, 2.05) is 4.90 Å². The van der Waals surface area contributed by atoms with Gasteiger partial charge in [0.25, 0.3) is 5.91 Å². The van der Waals surface area contributed by atoms with Gasteiger partial charge in [-0.05, 0) is 24.0 Å². The van der Waals surface area contributed by atoms with Gasteiger partial charge in [-0.1, -0.05) is 13.8 Å². The van der Waals surface area contributed by atoms with E-state index in [2.05, 4.69) is 18.8 Å². The summed E-state index contributed by atoms with van der Waals surface area (Å²) in [5.74, 6) is 0.0538. The molecule has 1 fully saturated rings. The molecule has 1 unspecified atom stereocenters. The van der Waals surface area contributed by atoms with E-state index in [1.54, 1.807) is 24.5 Å². The van der Waals surface area contributed by atoms with Crippen LogP contribution in [0.25, 0.3) is 0 Å². The Hall–Kier alpha value is -1.42. The van der Waals surface area contributed by atoms with Gasteiger partial charge in [-0.25, -0.2) is 0 Å². The summed E-state index contributed by atoms with van der Waals surface area (Å²) in [6.07, 6.45) is 4.15. The van der Waals surface area contributed by atoms with Crippen molar-refractivity contribution >= 4 is 5.91 Å². The normalized spacial score (nSPS) is 23.5. The number of carbonyl (C=O) groups excluding carboxylic acids is 1. The number of rotatable bonds is 1. The number of hydrogen-bond donors (Lipinski definition) is 1. The quantitative estimate of drug-likeness (QED) is 0.795. The topological polar surface area (TPSA) is 59.2 Å². The maximum atomic E-state index is 12.2. The van der Waals surface area contributed by atoms with E-state index in [0.29, 0.717) is 12.1 Å². The number of amides is 1. The second-order valence-corrected chi connectivity index (χ2v) is 5.35. The standard InChI is InChI=1S/C13H19N3O/c1-13(2)9-16(7-5-11(13)14)12(17)10-4-3-6-15-8-10/h3-4,6,8,11H,5,7,9,14H2,1-2H3. The molecule has 1 aliphatic rings. The highest BCUT2D eigenvalue weighted by atomic mass is 16.2. The van der Waals surface area contributed by atoms with E-state index >= 15 is 0 Å². The molecule has 0 aromatic carbocycles. The molecule has 1 aromatic rings. The third-order valence-electron chi connectivity index (χ3n) is 3.51. The molecule has 4 nitrogen and oxygen atoms in total. The first-order chi connectivity index (χ1) is 8.00. The Bertz CT molecular complexity index is 402. The van der Waals surface area contributed by atoms with Crippen molar-refractivity contribution in [3.8, 4) is 0 Å². The van der Waals surface area contributed by atoms with E-state index in [1.165, 1.54) is 0 Å². The van der Waals surface area contributed by atoms with Gasteiger partial charge in [0.15, 0.2) is 0 Å². The van der Waals surface area contributed by atoms with E-state index < -0.39 is 0 Å². The molecule has 2 N–H and O–H groups in total. The lowest BCUT2D eigenvalue weighted by molar-refractivity contribution is 0.0532. The molecule has 4 heteroatoms. The number of aromatic nitrogens is 1. The summed E-state index contributed by atoms with van der Waals surface area (Å²) in [5.41, 5.74) is 6.70. The average molecular weight is 233 g/mol. The summed E-state index contributed by atoms with van der Waals surface area (Å²) in [7, 11) is 0. The zero-order valence-corrected chi connectivity index (χ0v) is 10.4. The van der Waals surface area contributed by atoms with Gasteiger partial charge < -0.3 is 10.6 Å². The maximum absolute atomic E-state index is 12.2. The van der Waals surface area contributed by atoms with Crippen LogP contribution >= 0.6 is 0 Å². The number of hydrogen-bond acceptors (Lipinski definition) is 3. The fourth-order valence-electron chi connectivity index (χ4n) is 2.22. The SMILES string of the molecule is CC1(C)CN(C(=O)c2cccnc2)CCC1N. The molecule has 0 saturated carbocycles. The third-order valence-corrected chi connectivity index (χ3v) is 3.51. The van der Waals surface area contributed by atoms with E-state index in [0.717, 1.165) is 13.0 Å². The number of piperidine rings is 1. The molecule has 1 atom stereocenters. The lowest BCUT2D eigenvalue weighted by Gasteiger charge is -2.42. The van der Waals surface area contributed by atoms with Crippen molar-refractivity contribution in [2.24, 2.45) is 11.1 Å². The number of pyridine rings is 1. The molecule has 92 valence electrons. The lowest BCUT2D eigenvalue weighted by Crippen LogP contribution is -2.54. The molecule has 0 aliphatic carbocycles. The van der Waals surface area contributed by atoms with Gasteiger partial charge in [0.1, 0.15) is 0 Å². The molecule has 2 rings (SSSR count). The number of likely N-dealkylation sites (tertiary alicyclic amines) is 1. The Kier molecular flexibility index (Phi) is 3.15. The van der Waals surface area contributed by atoms with Crippen molar-refractivity contribution < 1.29 is 4.79 Å². The minimum atomic E-state index is -0.0177. The number of nitrogens with two attached hydrogens (primary N) is 1. The third kappa shape index (κ3) is 2.47. The largest absolute Gasteiger partial charge is 0.338 e. The van der Waals surface area contributed by atoms with Crippen LogP contribution in [0, 0.1) is 5.41 Å². The van der Waals surface area contributed by atoms with Crippen LogP contribution in [0.3, 0.4) is 0 Å². The summed E-state index contributed by atoms with van der Waals surface area (Å²) in [6.45, 7) is 5.67. The highest BCUT2D eigenvalue weighted by Crippen LogP contribution is 2.28.